The van der Waals surface area contributed by atoms with Crippen molar-refractivity contribution in [1.82, 2.24) is 5.32 Å². The molecule has 15 heavy (non-hydrogen) atoms. The molecule has 0 saturated carbocycles. The van der Waals surface area contributed by atoms with Crippen molar-refractivity contribution in [3.63, 3.8) is 0 Å². The first-order chi connectivity index (χ1) is 7.36. The van der Waals surface area contributed by atoms with Gasteiger partial charge in [-0.1, -0.05) is 18.2 Å². The molecule has 0 heterocycles. The largest absolute Gasteiger partial charge is 0.361 e. The van der Waals surface area contributed by atoms with Crippen LogP contribution in [0.5, 0.6) is 0 Å². The van der Waals surface area contributed by atoms with Gasteiger partial charge in [0, 0.05) is 11.9 Å². The summed E-state index contributed by atoms with van der Waals surface area (Å²) in [5, 5.41) is 14.1. The Morgan fingerprint density at radius 3 is 2.73 bits per heavy atom. The van der Waals surface area contributed by atoms with Crippen molar-refractivity contribution in [3.05, 3.63) is 42.1 Å². The molecule has 1 aromatic rings. The first-order valence-corrected chi connectivity index (χ1v) is 4.44. The number of para-hydroxylation sites is 1. The number of rotatable bonds is 5. The minimum absolute atomic E-state index is 0.236. The molecule has 0 unspecified atom stereocenters. The van der Waals surface area contributed by atoms with E-state index in [1.165, 1.54) is 0 Å². The molecular weight excluding hydrogens is 190 g/mol. The Hall–Kier alpha value is -2.28. The summed E-state index contributed by atoms with van der Waals surface area (Å²) < 4.78 is 0. The van der Waals surface area contributed by atoms with Crippen molar-refractivity contribution >= 4 is 12.1 Å². The van der Waals surface area contributed by atoms with E-state index in [2.05, 4.69) is 10.6 Å². The monoisotopic (exact) mass is 201 g/mol. The predicted molar refractivity (Wildman–Crippen MR) is 57.8 cm³/mol. The fourth-order valence-corrected chi connectivity index (χ4v) is 0.979. The second-order valence-electron chi connectivity index (χ2n) is 2.79. The van der Waals surface area contributed by atoms with Crippen LogP contribution >= 0.6 is 0 Å². The van der Waals surface area contributed by atoms with Crippen molar-refractivity contribution in [2.24, 2.45) is 0 Å². The van der Waals surface area contributed by atoms with Crippen molar-refractivity contribution in [3.8, 4) is 6.07 Å². The van der Waals surface area contributed by atoms with Crippen LogP contribution in [-0.2, 0) is 4.79 Å². The van der Waals surface area contributed by atoms with E-state index in [4.69, 9.17) is 5.26 Å². The Morgan fingerprint density at radius 2 is 2.13 bits per heavy atom. The minimum Gasteiger partial charge on any atom is -0.361 e. The van der Waals surface area contributed by atoms with Crippen LogP contribution < -0.4 is 10.6 Å². The van der Waals surface area contributed by atoms with Crippen LogP contribution in [0.25, 0.3) is 0 Å². The third-order valence-electron chi connectivity index (χ3n) is 1.71. The predicted octanol–water partition coefficient (Wildman–Crippen LogP) is 1.25. The van der Waals surface area contributed by atoms with Crippen LogP contribution in [0.2, 0.25) is 0 Å². The Morgan fingerprint density at radius 1 is 1.40 bits per heavy atom. The summed E-state index contributed by atoms with van der Waals surface area (Å²) in [6.45, 7) is 0.236. The standard InChI is InChI=1S/C11H11N3O/c12-6-10(7-13-9-15)8-14-11-4-2-1-3-5-11/h1-5,8-9,14H,7H2,(H,13,15). The van der Waals surface area contributed by atoms with E-state index in [1.807, 2.05) is 36.4 Å². The van der Waals surface area contributed by atoms with Crippen molar-refractivity contribution in [2.45, 2.75) is 0 Å². The van der Waals surface area contributed by atoms with Gasteiger partial charge in [-0.15, -0.1) is 0 Å². The van der Waals surface area contributed by atoms with Crippen LogP contribution in [0, 0.1) is 11.3 Å². The van der Waals surface area contributed by atoms with Crippen molar-refractivity contribution in [1.29, 1.82) is 5.26 Å². The van der Waals surface area contributed by atoms with Gasteiger partial charge < -0.3 is 10.6 Å². The van der Waals surface area contributed by atoms with Gasteiger partial charge in [-0.05, 0) is 12.1 Å². The fourth-order valence-electron chi connectivity index (χ4n) is 0.979. The number of hydrogen-bond donors (Lipinski definition) is 2. The maximum atomic E-state index is 10.0. The summed E-state index contributed by atoms with van der Waals surface area (Å²) >= 11 is 0. The van der Waals surface area contributed by atoms with E-state index in [0.29, 0.717) is 12.0 Å². The molecule has 2 N–H and O–H groups in total. The van der Waals surface area contributed by atoms with Gasteiger partial charge in [-0.3, -0.25) is 4.79 Å². The molecule has 0 bridgehead atoms. The van der Waals surface area contributed by atoms with Gasteiger partial charge in [0.05, 0.1) is 18.2 Å². The topological polar surface area (TPSA) is 64.9 Å². The number of carbonyl (C=O) groups excluding carboxylic acids is 1. The van der Waals surface area contributed by atoms with Gasteiger partial charge in [-0.25, -0.2) is 0 Å². The van der Waals surface area contributed by atoms with Gasteiger partial charge in [0.1, 0.15) is 0 Å². The first kappa shape index (κ1) is 10.8. The SMILES string of the molecule is N#CC(=CNc1ccccc1)CNC=O. The lowest BCUT2D eigenvalue weighted by Crippen LogP contribution is -2.14. The average Bonchev–Trinajstić information content (AvgIpc) is 2.31. The Labute approximate surface area is 88.2 Å². The van der Waals surface area contributed by atoms with Crippen molar-refractivity contribution in [2.75, 3.05) is 11.9 Å². The summed E-state index contributed by atoms with van der Waals surface area (Å²) in [7, 11) is 0. The number of anilines is 1. The summed E-state index contributed by atoms with van der Waals surface area (Å²) in [6.07, 6.45) is 2.14. The van der Waals surface area contributed by atoms with E-state index >= 15 is 0 Å². The van der Waals surface area contributed by atoms with Crippen LogP contribution in [0.3, 0.4) is 0 Å². The number of benzene rings is 1. The van der Waals surface area contributed by atoms with E-state index in [-0.39, 0.29) is 6.54 Å². The minimum atomic E-state index is 0.236. The van der Waals surface area contributed by atoms with Crippen LogP contribution in [0.4, 0.5) is 5.69 Å². The fraction of sp³-hybridized carbons (Fsp3) is 0.0909. The molecule has 0 aromatic heterocycles. The summed E-state index contributed by atoms with van der Waals surface area (Å²) in [6, 6.07) is 11.5. The molecule has 0 fully saturated rings. The number of carbonyl (C=O) groups is 1. The lowest BCUT2D eigenvalue weighted by Gasteiger charge is -2.01. The Kier molecular flexibility index (Phi) is 4.47. The molecule has 0 atom stereocenters. The third kappa shape index (κ3) is 3.96. The normalized spacial score (nSPS) is 10.2. The lowest BCUT2D eigenvalue weighted by atomic mass is 10.3. The van der Waals surface area contributed by atoms with E-state index in [0.717, 1.165) is 5.69 Å². The first-order valence-electron chi connectivity index (χ1n) is 4.44. The van der Waals surface area contributed by atoms with E-state index in [1.54, 1.807) is 6.20 Å². The van der Waals surface area contributed by atoms with Gasteiger partial charge in [-0.2, -0.15) is 5.26 Å². The highest BCUT2D eigenvalue weighted by atomic mass is 16.1. The highest BCUT2D eigenvalue weighted by Gasteiger charge is 1.93. The molecule has 0 spiro atoms. The Bertz CT molecular complexity index is 379. The van der Waals surface area contributed by atoms with Crippen molar-refractivity contribution < 1.29 is 4.79 Å². The molecule has 4 heteroatoms. The summed E-state index contributed by atoms with van der Waals surface area (Å²) in [4.78, 5) is 10.0. The van der Waals surface area contributed by atoms with Crippen LogP contribution in [-0.4, -0.2) is 13.0 Å². The second-order valence-corrected chi connectivity index (χ2v) is 2.79. The smallest absolute Gasteiger partial charge is 0.207 e. The maximum Gasteiger partial charge on any atom is 0.207 e. The number of nitrogens with one attached hydrogen (secondary N) is 2. The number of amides is 1. The lowest BCUT2D eigenvalue weighted by molar-refractivity contribution is -0.109. The number of nitrogens with zero attached hydrogens (tertiary/aromatic N) is 1. The van der Waals surface area contributed by atoms with Crippen LogP contribution in [0.1, 0.15) is 0 Å². The second kappa shape index (κ2) is 6.22. The zero-order chi connectivity index (χ0) is 10.9. The van der Waals surface area contributed by atoms with Gasteiger partial charge in [0.2, 0.25) is 6.41 Å². The zero-order valence-corrected chi connectivity index (χ0v) is 8.10. The highest BCUT2D eigenvalue weighted by molar-refractivity contribution is 5.49. The highest BCUT2D eigenvalue weighted by Crippen LogP contribution is 2.05. The Balaban J connectivity index is 2.55. The number of nitriles is 1. The molecule has 0 aliphatic rings. The molecule has 1 rings (SSSR count). The molecule has 0 aliphatic carbocycles. The molecule has 0 aliphatic heterocycles. The quantitative estimate of drug-likeness (QED) is 0.556. The molecular formula is C11H11N3O. The molecule has 1 amide bonds. The molecule has 76 valence electrons. The molecule has 0 saturated heterocycles. The zero-order valence-electron chi connectivity index (χ0n) is 8.10. The third-order valence-corrected chi connectivity index (χ3v) is 1.71. The van der Waals surface area contributed by atoms with Gasteiger partial charge in [0.15, 0.2) is 0 Å². The summed E-state index contributed by atoms with van der Waals surface area (Å²) in [5.41, 5.74) is 1.36. The van der Waals surface area contributed by atoms with Gasteiger partial charge in [0.25, 0.3) is 0 Å². The van der Waals surface area contributed by atoms with E-state index in [9.17, 15) is 4.79 Å². The van der Waals surface area contributed by atoms with Gasteiger partial charge >= 0.3 is 0 Å². The molecule has 0 radical (unpaired) electrons. The molecule has 1 aromatic carbocycles. The average molecular weight is 201 g/mol. The van der Waals surface area contributed by atoms with E-state index < -0.39 is 0 Å². The summed E-state index contributed by atoms with van der Waals surface area (Å²) in [5.74, 6) is 0. The van der Waals surface area contributed by atoms with Crippen LogP contribution in [0.15, 0.2) is 42.1 Å². The maximum absolute atomic E-state index is 10.0. The molecule has 4 nitrogen and oxygen atoms in total. The number of hydrogen-bond acceptors (Lipinski definition) is 3.